The number of benzene rings is 1. The zero-order chi connectivity index (χ0) is 16.2. The minimum Gasteiger partial charge on any atom is -0.494 e. The van der Waals surface area contributed by atoms with E-state index in [2.05, 4.69) is 19.2 Å². The zero-order valence-corrected chi connectivity index (χ0v) is 14.2. The van der Waals surface area contributed by atoms with E-state index in [1.54, 1.807) is 0 Å². The molecular weight excluding hydrogens is 276 g/mol. The van der Waals surface area contributed by atoms with Gasteiger partial charge in [0.2, 0.25) is 5.91 Å². The number of likely N-dealkylation sites (N-methyl/N-ethyl adjacent to an activating group) is 1. The SMILES string of the molecule is CCOc1ccccc1CN(C)C(=O)C1NCCCC1(C)C. The van der Waals surface area contributed by atoms with E-state index in [4.69, 9.17) is 4.74 Å². The fourth-order valence-corrected chi connectivity index (χ4v) is 3.12. The molecule has 1 aliphatic heterocycles. The van der Waals surface area contributed by atoms with Crippen molar-refractivity contribution in [2.24, 2.45) is 5.41 Å². The van der Waals surface area contributed by atoms with Crippen molar-refractivity contribution in [3.63, 3.8) is 0 Å². The molecule has 0 spiro atoms. The molecule has 1 aliphatic rings. The van der Waals surface area contributed by atoms with Crippen LogP contribution in [0.15, 0.2) is 24.3 Å². The number of carbonyl (C=O) groups is 1. The zero-order valence-electron chi connectivity index (χ0n) is 14.2. The quantitative estimate of drug-likeness (QED) is 0.909. The van der Waals surface area contributed by atoms with Gasteiger partial charge in [-0.3, -0.25) is 4.79 Å². The van der Waals surface area contributed by atoms with E-state index < -0.39 is 0 Å². The number of para-hydroxylation sites is 1. The maximum absolute atomic E-state index is 12.8. The Balaban J connectivity index is 2.08. The second-order valence-electron chi connectivity index (χ2n) is 6.71. The molecule has 1 unspecified atom stereocenters. The summed E-state index contributed by atoms with van der Waals surface area (Å²) in [6, 6.07) is 7.82. The Bertz CT molecular complexity index is 514. The third-order valence-corrected chi connectivity index (χ3v) is 4.43. The summed E-state index contributed by atoms with van der Waals surface area (Å²) in [6.07, 6.45) is 2.22. The maximum atomic E-state index is 12.8. The number of hydrogen-bond acceptors (Lipinski definition) is 3. The number of ether oxygens (including phenoxy) is 1. The maximum Gasteiger partial charge on any atom is 0.240 e. The normalized spacial score (nSPS) is 20.5. The third kappa shape index (κ3) is 3.80. The molecule has 4 nitrogen and oxygen atoms in total. The molecule has 0 radical (unpaired) electrons. The van der Waals surface area contributed by atoms with Gasteiger partial charge in [0.1, 0.15) is 5.75 Å². The first-order valence-corrected chi connectivity index (χ1v) is 8.15. The van der Waals surface area contributed by atoms with Gasteiger partial charge in [-0.05, 0) is 37.8 Å². The molecule has 0 aromatic heterocycles. The number of nitrogens with one attached hydrogen (secondary N) is 1. The fourth-order valence-electron chi connectivity index (χ4n) is 3.12. The lowest BCUT2D eigenvalue weighted by atomic mass is 9.77. The topological polar surface area (TPSA) is 41.6 Å². The van der Waals surface area contributed by atoms with Gasteiger partial charge in [0.25, 0.3) is 0 Å². The molecular formula is C18H28N2O2. The van der Waals surface area contributed by atoms with E-state index in [9.17, 15) is 4.79 Å². The largest absolute Gasteiger partial charge is 0.494 e. The molecule has 1 amide bonds. The van der Waals surface area contributed by atoms with Crippen LogP contribution in [0, 0.1) is 5.41 Å². The van der Waals surface area contributed by atoms with Crippen LogP contribution >= 0.6 is 0 Å². The number of hydrogen-bond donors (Lipinski definition) is 1. The van der Waals surface area contributed by atoms with Crippen molar-refractivity contribution >= 4 is 5.91 Å². The van der Waals surface area contributed by atoms with Crippen LogP contribution in [-0.2, 0) is 11.3 Å². The van der Waals surface area contributed by atoms with Crippen molar-refractivity contribution in [1.29, 1.82) is 0 Å². The van der Waals surface area contributed by atoms with Gasteiger partial charge >= 0.3 is 0 Å². The van der Waals surface area contributed by atoms with Crippen LogP contribution in [0.3, 0.4) is 0 Å². The fraction of sp³-hybridized carbons (Fsp3) is 0.611. The van der Waals surface area contributed by atoms with Crippen LogP contribution in [0.1, 0.15) is 39.2 Å². The van der Waals surface area contributed by atoms with E-state index >= 15 is 0 Å². The average Bonchev–Trinajstić information content (AvgIpc) is 2.48. The Morgan fingerprint density at radius 2 is 2.14 bits per heavy atom. The monoisotopic (exact) mass is 304 g/mol. The van der Waals surface area contributed by atoms with Gasteiger partial charge in [0.05, 0.1) is 12.6 Å². The van der Waals surface area contributed by atoms with Gasteiger partial charge in [-0.25, -0.2) is 0 Å². The minimum atomic E-state index is -0.106. The second-order valence-corrected chi connectivity index (χ2v) is 6.71. The van der Waals surface area contributed by atoms with E-state index in [1.807, 2.05) is 43.1 Å². The highest BCUT2D eigenvalue weighted by Crippen LogP contribution is 2.31. The molecule has 1 fully saturated rings. The van der Waals surface area contributed by atoms with Gasteiger partial charge in [-0.2, -0.15) is 0 Å². The molecule has 1 aromatic rings. The van der Waals surface area contributed by atoms with Gasteiger partial charge in [-0.15, -0.1) is 0 Å². The summed E-state index contributed by atoms with van der Waals surface area (Å²) >= 11 is 0. The first kappa shape index (κ1) is 16.8. The highest BCUT2D eigenvalue weighted by atomic mass is 16.5. The summed E-state index contributed by atoms with van der Waals surface area (Å²) in [7, 11) is 1.87. The number of amides is 1. The molecule has 1 saturated heterocycles. The van der Waals surface area contributed by atoms with Crippen molar-refractivity contribution in [2.75, 3.05) is 20.2 Å². The predicted molar refractivity (Wildman–Crippen MR) is 88.9 cm³/mol. The molecule has 2 rings (SSSR count). The molecule has 1 aromatic carbocycles. The van der Waals surface area contributed by atoms with Crippen LogP contribution in [-0.4, -0.2) is 37.0 Å². The summed E-state index contributed by atoms with van der Waals surface area (Å²) in [4.78, 5) is 14.6. The van der Waals surface area contributed by atoms with Crippen LogP contribution in [0.25, 0.3) is 0 Å². The van der Waals surface area contributed by atoms with E-state index in [1.165, 1.54) is 0 Å². The summed E-state index contributed by atoms with van der Waals surface area (Å²) in [6.45, 7) is 8.44. The van der Waals surface area contributed by atoms with Crippen LogP contribution < -0.4 is 10.1 Å². The van der Waals surface area contributed by atoms with Gasteiger partial charge < -0.3 is 15.0 Å². The average molecular weight is 304 g/mol. The van der Waals surface area contributed by atoms with Gasteiger partial charge in [-0.1, -0.05) is 32.0 Å². The first-order chi connectivity index (χ1) is 10.5. The highest BCUT2D eigenvalue weighted by Gasteiger charge is 2.38. The Labute approximate surface area is 133 Å². The van der Waals surface area contributed by atoms with Gasteiger partial charge in [0.15, 0.2) is 0 Å². The Morgan fingerprint density at radius 1 is 1.41 bits per heavy atom. The highest BCUT2D eigenvalue weighted by molar-refractivity contribution is 5.82. The Hall–Kier alpha value is -1.55. The molecule has 0 aliphatic carbocycles. The molecule has 22 heavy (non-hydrogen) atoms. The first-order valence-electron chi connectivity index (χ1n) is 8.15. The second kappa shape index (κ2) is 7.14. The van der Waals surface area contributed by atoms with Crippen molar-refractivity contribution in [3.8, 4) is 5.75 Å². The number of nitrogens with zero attached hydrogens (tertiary/aromatic N) is 1. The molecule has 0 bridgehead atoms. The van der Waals surface area contributed by atoms with Crippen molar-refractivity contribution in [3.05, 3.63) is 29.8 Å². The minimum absolute atomic E-state index is 0.00301. The summed E-state index contributed by atoms with van der Waals surface area (Å²) in [5, 5.41) is 3.39. The number of rotatable bonds is 5. The molecule has 1 N–H and O–H groups in total. The molecule has 1 atom stereocenters. The molecule has 1 heterocycles. The Kier molecular flexibility index (Phi) is 5.46. The summed E-state index contributed by atoms with van der Waals surface area (Å²) < 4.78 is 5.65. The van der Waals surface area contributed by atoms with Crippen LogP contribution in [0.2, 0.25) is 0 Å². The lowest BCUT2D eigenvalue weighted by Gasteiger charge is -2.40. The van der Waals surface area contributed by atoms with Gasteiger partial charge in [0, 0.05) is 19.2 Å². The van der Waals surface area contributed by atoms with E-state index in [-0.39, 0.29) is 17.4 Å². The summed E-state index contributed by atoms with van der Waals surface area (Å²) in [5.74, 6) is 1.02. The van der Waals surface area contributed by atoms with Crippen molar-refractivity contribution in [1.82, 2.24) is 10.2 Å². The predicted octanol–water partition coefficient (Wildman–Crippen LogP) is 2.82. The van der Waals surface area contributed by atoms with E-state index in [0.717, 1.165) is 30.7 Å². The smallest absolute Gasteiger partial charge is 0.240 e. The summed E-state index contributed by atoms with van der Waals surface area (Å²) in [5.41, 5.74) is 1.05. The molecule has 4 heteroatoms. The number of carbonyl (C=O) groups excluding carboxylic acids is 1. The lowest BCUT2D eigenvalue weighted by molar-refractivity contribution is -0.136. The lowest BCUT2D eigenvalue weighted by Crippen LogP contribution is -2.55. The Morgan fingerprint density at radius 3 is 2.82 bits per heavy atom. The standard InChI is InChI=1S/C18H28N2O2/c1-5-22-15-10-7-6-9-14(15)13-20(4)17(21)16-18(2,3)11-8-12-19-16/h6-7,9-10,16,19H,5,8,11-13H2,1-4H3. The molecule has 0 saturated carbocycles. The van der Waals surface area contributed by atoms with Crippen LogP contribution in [0.5, 0.6) is 5.75 Å². The third-order valence-electron chi connectivity index (χ3n) is 4.43. The van der Waals surface area contributed by atoms with Crippen molar-refractivity contribution < 1.29 is 9.53 Å². The van der Waals surface area contributed by atoms with E-state index in [0.29, 0.717) is 13.2 Å². The van der Waals surface area contributed by atoms with Crippen molar-refractivity contribution in [2.45, 2.75) is 46.2 Å². The number of piperidine rings is 1. The molecule has 122 valence electrons. The van der Waals surface area contributed by atoms with Crippen LogP contribution in [0.4, 0.5) is 0 Å².